The second-order valence-corrected chi connectivity index (χ2v) is 2.94. The quantitative estimate of drug-likeness (QED) is 0.740. The van der Waals surface area contributed by atoms with Gasteiger partial charge in [-0.1, -0.05) is 0 Å². The van der Waals surface area contributed by atoms with Crippen LogP contribution in [-0.4, -0.2) is 13.2 Å². The van der Waals surface area contributed by atoms with Gasteiger partial charge in [-0.15, -0.1) is 0 Å². The van der Waals surface area contributed by atoms with E-state index in [0.717, 1.165) is 5.56 Å². The maximum Gasteiger partial charge on any atom is 0.206 e. The molecule has 2 nitrogen and oxygen atoms in total. The van der Waals surface area contributed by atoms with Crippen LogP contribution in [0.25, 0.3) is 0 Å². The maximum absolute atomic E-state index is 13.6. The minimum Gasteiger partial charge on any atom is -0.491 e. The molecule has 0 saturated carbocycles. The largest absolute Gasteiger partial charge is 0.491 e. The summed E-state index contributed by atoms with van der Waals surface area (Å²) >= 11 is 0. The van der Waals surface area contributed by atoms with Crippen LogP contribution < -0.4 is 9.47 Å². The van der Waals surface area contributed by atoms with Gasteiger partial charge in [0.15, 0.2) is 11.5 Å². The number of rotatable bonds is 4. The van der Waals surface area contributed by atoms with Gasteiger partial charge in [0, 0.05) is 0 Å². The van der Waals surface area contributed by atoms with E-state index < -0.39 is 5.82 Å². The molecule has 0 spiro atoms. The Hall–Kier alpha value is -1.25. The van der Waals surface area contributed by atoms with E-state index in [1.807, 2.05) is 20.8 Å². The summed E-state index contributed by atoms with van der Waals surface area (Å²) in [6, 6.07) is 3.34. The van der Waals surface area contributed by atoms with Gasteiger partial charge in [0.2, 0.25) is 5.82 Å². The van der Waals surface area contributed by atoms with E-state index in [1.54, 1.807) is 12.1 Å². The monoisotopic (exact) mass is 198 g/mol. The van der Waals surface area contributed by atoms with Crippen LogP contribution in [0.5, 0.6) is 11.5 Å². The third kappa shape index (κ3) is 2.37. The first-order chi connectivity index (χ1) is 6.69. The molecule has 0 aromatic heterocycles. The lowest BCUT2D eigenvalue weighted by atomic mass is 10.2. The average molecular weight is 198 g/mol. The minimum absolute atomic E-state index is 0.260. The van der Waals surface area contributed by atoms with E-state index in [2.05, 4.69) is 0 Å². The zero-order valence-corrected chi connectivity index (χ0v) is 8.76. The molecule has 0 atom stereocenters. The van der Waals surface area contributed by atoms with Crippen LogP contribution >= 0.6 is 0 Å². The summed E-state index contributed by atoms with van der Waals surface area (Å²) in [5, 5.41) is 0. The van der Waals surface area contributed by atoms with Crippen molar-refractivity contribution < 1.29 is 13.9 Å². The summed E-state index contributed by atoms with van der Waals surface area (Å²) in [5.74, 6) is 0.103. The molecule has 0 N–H and O–H groups in total. The van der Waals surface area contributed by atoms with E-state index in [0.29, 0.717) is 13.2 Å². The Labute approximate surface area is 83.6 Å². The lowest BCUT2D eigenvalue weighted by molar-refractivity contribution is 0.291. The summed E-state index contributed by atoms with van der Waals surface area (Å²) in [4.78, 5) is 0. The fourth-order valence-electron chi connectivity index (χ4n) is 1.22. The van der Waals surface area contributed by atoms with E-state index in [1.165, 1.54) is 0 Å². The second-order valence-electron chi connectivity index (χ2n) is 2.94. The van der Waals surface area contributed by atoms with Crippen molar-refractivity contribution in [1.29, 1.82) is 0 Å². The van der Waals surface area contributed by atoms with Crippen LogP contribution in [0.4, 0.5) is 4.39 Å². The molecule has 0 aliphatic carbocycles. The molecule has 1 rings (SSSR count). The highest BCUT2D eigenvalue weighted by Crippen LogP contribution is 2.28. The number of hydrogen-bond donors (Lipinski definition) is 0. The molecule has 0 aliphatic heterocycles. The first-order valence-electron chi connectivity index (χ1n) is 4.74. The van der Waals surface area contributed by atoms with E-state index in [4.69, 9.17) is 9.47 Å². The Morgan fingerprint density at radius 3 is 1.86 bits per heavy atom. The summed E-state index contributed by atoms with van der Waals surface area (Å²) in [6.45, 7) is 6.42. The lowest BCUT2D eigenvalue weighted by Crippen LogP contribution is -2.00. The van der Waals surface area contributed by atoms with Crippen LogP contribution in [0.3, 0.4) is 0 Å². The normalized spacial score (nSPS) is 10.0. The van der Waals surface area contributed by atoms with Crippen LogP contribution in [0.15, 0.2) is 12.1 Å². The van der Waals surface area contributed by atoms with Gasteiger partial charge in [0.05, 0.1) is 13.2 Å². The van der Waals surface area contributed by atoms with Gasteiger partial charge < -0.3 is 9.47 Å². The molecule has 78 valence electrons. The topological polar surface area (TPSA) is 18.5 Å². The van der Waals surface area contributed by atoms with Crippen molar-refractivity contribution >= 4 is 0 Å². The van der Waals surface area contributed by atoms with E-state index in [-0.39, 0.29) is 11.5 Å². The van der Waals surface area contributed by atoms with Gasteiger partial charge in [0.1, 0.15) is 0 Å². The van der Waals surface area contributed by atoms with Crippen LogP contribution in [0, 0.1) is 12.7 Å². The van der Waals surface area contributed by atoms with Crippen molar-refractivity contribution in [3.63, 3.8) is 0 Å². The lowest BCUT2D eigenvalue weighted by Gasteiger charge is -2.10. The molecule has 0 heterocycles. The van der Waals surface area contributed by atoms with Crippen LogP contribution in [-0.2, 0) is 0 Å². The van der Waals surface area contributed by atoms with E-state index in [9.17, 15) is 4.39 Å². The SMILES string of the molecule is CCOc1cc(C)cc(OCC)c1F. The summed E-state index contributed by atoms with van der Waals surface area (Å²) in [6.07, 6.45) is 0. The summed E-state index contributed by atoms with van der Waals surface area (Å²) < 4.78 is 23.9. The molecule has 0 aliphatic rings. The fourth-order valence-corrected chi connectivity index (χ4v) is 1.22. The van der Waals surface area contributed by atoms with Gasteiger partial charge in [-0.3, -0.25) is 0 Å². The highest BCUT2D eigenvalue weighted by Gasteiger charge is 2.11. The number of aryl methyl sites for hydroxylation is 1. The number of halogens is 1. The highest BCUT2D eigenvalue weighted by atomic mass is 19.1. The molecular formula is C11H15FO2. The molecule has 0 unspecified atom stereocenters. The van der Waals surface area contributed by atoms with Crippen LogP contribution in [0.2, 0.25) is 0 Å². The molecule has 0 bridgehead atoms. The molecule has 0 radical (unpaired) electrons. The second kappa shape index (κ2) is 4.84. The van der Waals surface area contributed by atoms with Crippen molar-refractivity contribution in [1.82, 2.24) is 0 Å². The molecule has 3 heteroatoms. The predicted molar refractivity (Wildman–Crippen MR) is 53.5 cm³/mol. The van der Waals surface area contributed by atoms with Gasteiger partial charge in [-0.05, 0) is 38.5 Å². The van der Waals surface area contributed by atoms with Gasteiger partial charge in [-0.2, -0.15) is 4.39 Å². The zero-order chi connectivity index (χ0) is 10.6. The van der Waals surface area contributed by atoms with Crippen molar-refractivity contribution in [3.8, 4) is 11.5 Å². The van der Waals surface area contributed by atoms with Gasteiger partial charge in [-0.25, -0.2) is 0 Å². The van der Waals surface area contributed by atoms with Crippen LogP contribution in [0.1, 0.15) is 19.4 Å². The number of hydrogen-bond acceptors (Lipinski definition) is 2. The first kappa shape index (κ1) is 10.8. The van der Waals surface area contributed by atoms with Crippen molar-refractivity contribution in [3.05, 3.63) is 23.5 Å². The number of ether oxygens (including phenoxy) is 2. The summed E-state index contributed by atoms with van der Waals surface area (Å²) in [7, 11) is 0. The minimum atomic E-state index is -0.417. The van der Waals surface area contributed by atoms with Crippen molar-refractivity contribution in [2.24, 2.45) is 0 Å². The standard InChI is InChI=1S/C11H15FO2/c1-4-13-9-6-8(3)7-10(11(9)12)14-5-2/h6-7H,4-5H2,1-3H3. The van der Waals surface area contributed by atoms with Gasteiger partial charge >= 0.3 is 0 Å². The Balaban J connectivity index is 3.04. The Morgan fingerprint density at radius 2 is 1.50 bits per heavy atom. The molecule has 0 fully saturated rings. The molecule has 14 heavy (non-hydrogen) atoms. The smallest absolute Gasteiger partial charge is 0.206 e. The molecule has 0 saturated heterocycles. The molecule has 1 aromatic rings. The Kier molecular flexibility index (Phi) is 3.74. The van der Waals surface area contributed by atoms with Crippen molar-refractivity contribution in [2.75, 3.05) is 13.2 Å². The summed E-state index contributed by atoms with van der Waals surface area (Å²) in [5.41, 5.74) is 0.929. The van der Waals surface area contributed by atoms with Gasteiger partial charge in [0.25, 0.3) is 0 Å². The zero-order valence-electron chi connectivity index (χ0n) is 8.76. The average Bonchev–Trinajstić information content (AvgIpc) is 2.14. The predicted octanol–water partition coefficient (Wildman–Crippen LogP) is 2.93. The van der Waals surface area contributed by atoms with E-state index >= 15 is 0 Å². The first-order valence-corrected chi connectivity index (χ1v) is 4.74. The Morgan fingerprint density at radius 1 is 1.07 bits per heavy atom. The number of benzene rings is 1. The molecule has 0 amide bonds. The third-order valence-corrected chi connectivity index (χ3v) is 1.75. The highest BCUT2D eigenvalue weighted by molar-refractivity contribution is 5.39. The van der Waals surface area contributed by atoms with Crippen molar-refractivity contribution in [2.45, 2.75) is 20.8 Å². The maximum atomic E-state index is 13.6. The fraction of sp³-hybridized carbons (Fsp3) is 0.455. The third-order valence-electron chi connectivity index (χ3n) is 1.75. The molecule has 1 aromatic carbocycles. The molecular weight excluding hydrogens is 183 g/mol. The Bertz CT molecular complexity index is 283.